The van der Waals surface area contributed by atoms with Crippen molar-refractivity contribution in [2.45, 2.75) is 0 Å². The summed E-state index contributed by atoms with van der Waals surface area (Å²) in [5.74, 6) is 0. The summed E-state index contributed by atoms with van der Waals surface area (Å²) >= 11 is 2.44. The van der Waals surface area contributed by atoms with E-state index in [1.807, 2.05) is 0 Å². The molecule has 0 rings (SSSR count). The summed E-state index contributed by atoms with van der Waals surface area (Å²) in [5, 5.41) is 0. The molecule has 4 N–H and O–H groups in total. The molecule has 0 saturated carbocycles. The minimum absolute atomic E-state index is 0. The first-order valence-corrected chi connectivity index (χ1v) is 3.70. The second-order valence-electron chi connectivity index (χ2n) is 0.459. The Bertz CT molecular complexity index is 57.8. The van der Waals surface area contributed by atoms with Crippen molar-refractivity contribution in [2.75, 3.05) is 0 Å². The summed E-state index contributed by atoms with van der Waals surface area (Å²) in [6, 6.07) is 0. The number of rotatable bonds is 0. The van der Waals surface area contributed by atoms with E-state index in [0.29, 0.717) is 0 Å². The van der Waals surface area contributed by atoms with Gasteiger partial charge in [0.05, 0.1) is 0 Å². The van der Waals surface area contributed by atoms with Crippen molar-refractivity contribution in [3.8, 4) is 0 Å². The van der Waals surface area contributed by atoms with Crippen LogP contribution in [-0.4, -0.2) is 53.0 Å². The summed E-state index contributed by atoms with van der Waals surface area (Å²) in [6.07, 6.45) is -3.89. The van der Waals surface area contributed by atoms with Gasteiger partial charge in [-0.15, -0.1) is 0 Å². The molecule has 0 aliphatic heterocycles. The topological polar surface area (TPSA) is 89.0 Å². The molecule has 0 aromatic carbocycles. The fourth-order valence-corrected chi connectivity index (χ4v) is 0. The van der Waals surface area contributed by atoms with Crippen LogP contribution in [0.3, 0.4) is 0 Å². The summed E-state index contributed by atoms with van der Waals surface area (Å²) in [6.45, 7) is 0. The number of hydrogen-bond acceptors (Lipinski definition) is 1. The van der Waals surface area contributed by atoms with Crippen LogP contribution in [0.15, 0.2) is 0 Å². The molecule has 0 aliphatic carbocycles. The molecule has 4 nitrogen and oxygen atoms in total. The molecule has 0 amide bonds. The Morgan fingerprint density at radius 2 is 1.43 bits per heavy atom. The van der Waals surface area contributed by atoms with E-state index in [1.54, 1.807) is 0 Å². The maximum atomic E-state index is 9.22. The zero-order chi connectivity index (χ0) is 4.50. The molecule has 0 heterocycles. The second-order valence-corrected chi connectivity index (χ2v) is 3.31. The van der Waals surface area contributed by atoms with Crippen LogP contribution < -0.4 is 0 Å². The first-order valence-electron chi connectivity index (χ1n) is 0.741. The summed E-state index contributed by atoms with van der Waals surface area (Å²) in [7, 11) is 0. The van der Waals surface area contributed by atoms with Crippen molar-refractivity contribution < 1.29 is 35.4 Å². The van der Waals surface area contributed by atoms with Gasteiger partial charge in [0, 0.05) is 0 Å². The van der Waals surface area contributed by atoms with E-state index in [4.69, 9.17) is 9.79 Å². The molecule has 0 bridgehead atoms. The van der Waals surface area contributed by atoms with Crippen molar-refractivity contribution in [2.24, 2.45) is 0 Å². The van der Waals surface area contributed by atoms with E-state index in [1.165, 1.54) is 0 Å². The van der Waals surface area contributed by atoms with Crippen LogP contribution in [0, 0.1) is 0 Å². The van der Waals surface area contributed by atoms with Crippen LogP contribution >= 0.6 is 6.29 Å². The van der Waals surface area contributed by atoms with Gasteiger partial charge in [-0.05, 0) is 0 Å². The molecule has 7 heavy (non-hydrogen) atoms. The van der Waals surface area contributed by atoms with Crippen LogP contribution in [0.2, 0.25) is 0 Å². The van der Waals surface area contributed by atoms with E-state index in [2.05, 4.69) is 15.6 Å². The van der Waals surface area contributed by atoms with Crippen LogP contribution in [0.1, 0.15) is 0 Å². The van der Waals surface area contributed by atoms with Gasteiger partial charge in [-0.25, -0.2) is 0 Å². The Balaban J connectivity index is -0.0000000800. The van der Waals surface area contributed by atoms with Crippen LogP contribution in [-0.2, 0) is 20.1 Å². The van der Waals surface area contributed by atoms with Crippen molar-refractivity contribution >= 4 is 44.0 Å². The van der Waals surface area contributed by atoms with Gasteiger partial charge in [0.25, 0.3) is 0 Å². The molecule has 0 aromatic heterocycles. The van der Waals surface area contributed by atoms with Crippen molar-refractivity contribution in [1.82, 2.24) is 0 Å². The monoisotopic (exact) mass is 197 g/mol. The molecule has 0 aromatic rings. The van der Waals surface area contributed by atoms with Crippen LogP contribution in [0.25, 0.3) is 0 Å². The van der Waals surface area contributed by atoms with Gasteiger partial charge in [-0.1, -0.05) is 0 Å². The molecule has 0 atom stereocenters. The molecule has 0 aliphatic rings. The summed E-state index contributed by atoms with van der Waals surface area (Å²) in [4.78, 5) is 15.0. The maximum absolute atomic E-state index is 9.22. The standard InChI is InChI=1S/Ca.Fe.HO3P.H2O.2H/c;;1-4(2)3;;;/h;;(H-,1,2,3);1H2;;/q;-1;;;;/p+1. The number of hydrogen-bond donors (Lipinski definition) is 2. The predicted molar refractivity (Wildman–Crippen MR) is 24.2 cm³/mol. The Labute approximate surface area is 78.6 Å². The average Bonchev–Trinajstić information content (AvgIpc) is 0.722. The van der Waals surface area contributed by atoms with Crippen molar-refractivity contribution in [1.29, 1.82) is 0 Å². The molecule has 0 fully saturated rings. The molecular formula is H6CaFeO4P. The molecular weight excluding hydrogens is 191 g/mol. The van der Waals surface area contributed by atoms with Crippen molar-refractivity contribution in [3.05, 3.63) is 0 Å². The first-order chi connectivity index (χ1) is 2.00. The zero-order valence-electron chi connectivity index (χ0n) is 2.60. The van der Waals surface area contributed by atoms with Gasteiger partial charge in [0.2, 0.25) is 0 Å². The SMILES string of the molecule is O.O=[P](O)(O)[Fe].[CaH2]. The second kappa shape index (κ2) is 6.02. The van der Waals surface area contributed by atoms with E-state index in [-0.39, 0.29) is 43.2 Å². The van der Waals surface area contributed by atoms with E-state index < -0.39 is 6.29 Å². The molecule has 45 valence electrons. The van der Waals surface area contributed by atoms with Crippen LogP contribution in [0.4, 0.5) is 0 Å². The van der Waals surface area contributed by atoms with Gasteiger partial charge in [0.15, 0.2) is 0 Å². The molecule has 0 saturated heterocycles. The molecule has 7 heteroatoms. The summed E-state index contributed by atoms with van der Waals surface area (Å²) < 4.78 is 9.22. The zero-order valence-corrected chi connectivity index (χ0v) is 4.60. The van der Waals surface area contributed by atoms with Crippen molar-refractivity contribution in [3.63, 3.8) is 0 Å². The fraction of sp³-hybridized carbons (Fsp3) is 0. The minimum atomic E-state index is -3.89. The fourth-order valence-electron chi connectivity index (χ4n) is 0. The average molecular weight is 197 g/mol. The van der Waals surface area contributed by atoms with E-state index in [9.17, 15) is 4.57 Å². The predicted octanol–water partition coefficient (Wildman–Crippen LogP) is -2.12. The van der Waals surface area contributed by atoms with Gasteiger partial charge in [-0.3, -0.25) is 0 Å². The Morgan fingerprint density at radius 1 is 1.43 bits per heavy atom. The summed E-state index contributed by atoms with van der Waals surface area (Å²) in [5.41, 5.74) is 0. The Hall–Kier alpha value is 1.89. The Kier molecular flexibility index (Phi) is 13.7. The van der Waals surface area contributed by atoms with Gasteiger partial charge in [0.1, 0.15) is 0 Å². The molecule has 0 spiro atoms. The quantitative estimate of drug-likeness (QED) is 0.343. The first kappa shape index (κ1) is 16.0. The van der Waals surface area contributed by atoms with E-state index in [0.717, 1.165) is 0 Å². The third-order valence-electron chi connectivity index (χ3n) is 0. The van der Waals surface area contributed by atoms with Gasteiger partial charge >= 0.3 is 73.9 Å². The van der Waals surface area contributed by atoms with Crippen LogP contribution in [0.5, 0.6) is 0 Å². The van der Waals surface area contributed by atoms with Gasteiger partial charge in [-0.2, -0.15) is 0 Å². The third-order valence-corrected chi connectivity index (χ3v) is 0. The molecule has 0 radical (unpaired) electrons. The third kappa shape index (κ3) is 76.7. The van der Waals surface area contributed by atoms with E-state index >= 15 is 0 Å². The normalized spacial score (nSPS) is 8.43. The Morgan fingerprint density at radius 3 is 1.43 bits per heavy atom. The van der Waals surface area contributed by atoms with Gasteiger partial charge < -0.3 is 5.48 Å². The molecule has 0 unspecified atom stereocenters.